The standard InChI is InChI=1S/C13H28N2O2/c1-5-11(6-2)10-15(7-3)9-8-12(14-4)13(16)17/h11-12,14H,5-10H2,1-4H3,(H,16,17). The van der Waals surface area contributed by atoms with Crippen LogP contribution < -0.4 is 5.32 Å². The monoisotopic (exact) mass is 244 g/mol. The highest BCUT2D eigenvalue weighted by atomic mass is 16.4. The lowest BCUT2D eigenvalue weighted by Crippen LogP contribution is -2.39. The van der Waals surface area contributed by atoms with Crippen LogP contribution in [0.15, 0.2) is 0 Å². The average Bonchev–Trinajstić information content (AvgIpc) is 2.33. The number of rotatable bonds is 10. The summed E-state index contributed by atoms with van der Waals surface area (Å²) < 4.78 is 0. The minimum atomic E-state index is -0.758. The second-order valence-electron chi connectivity index (χ2n) is 4.54. The summed E-state index contributed by atoms with van der Waals surface area (Å²) in [6, 6.07) is -0.425. The number of carbonyl (C=O) groups is 1. The summed E-state index contributed by atoms with van der Waals surface area (Å²) in [6.45, 7) is 9.50. The van der Waals surface area contributed by atoms with Crippen molar-refractivity contribution in [1.29, 1.82) is 0 Å². The Kier molecular flexibility index (Phi) is 9.09. The van der Waals surface area contributed by atoms with Crippen LogP contribution in [0.5, 0.6) is 0 Å². The molecule has 0 saturated carbocycles. The number of hydrogen-bond donors (Lipinski definition) is 2. The second kappa shape index (κ2) is 9.42. The lowest BCUT2D eigenvalue weighted by molar-refractivity contribution is -0.139. The van der Waals surface area contributed by atoms with Crippen LogP contribution in [0.3, 0.4) is 0 Å². The molecule has 0 aromatic rings. The van der Waals surface area contributed by atoms with E-state index in [-0.39, 0.29) is 0 Å². The van der Waals surface area contributed by atoms with Crippen LogP contribution in [-0.2, 0) is 4.79 Å². The molecule has 0 fully saturated rings. The van der Waals surface area contributed by atoms with E-state index in [2.05, 4.69) is 31.0 Å². The zero-order valence-electron chi connectivity index (χ0n) is 11.7. The van der Waals surface area contributed by atoms with Crippen molar-refractivity contribution >= 4 is 5.97 Å². The minimum absolute atomic E-state index is 0.425. The molecular weight excluding hydrogens is 216 g/mol. The SMILES string of the molecule is CCC(CC)CN(CC)CCC(NC)C(=O)O. The summed E-state index contributed by atoms with van der Waals surface area (Å²) in [5, 5.41) is 11.8. The zero-order chi connectivity index (χ0) is 13.3. The first kappa shape index (κ1) is 16.4. The van der Waals surface area contributed by atoms with Crippen molar-refractivity contribution in [1.82, 2.24) is 10.2 Å². The van der Waals surface area contributed by atoms with E-state index in [1.807, 2.05) is 0 Å². The second-order valence-corrected chi connectivity index (χ2v) is 4.54. The van der Waals surface area contributed by atoms with Gasteiger partial charge in [0.15, 0.2) is 0 Å². The van der Waals surface area contributed by atoms with Crippen molar-refractivity contribution in [3.63, 3.8) is 0 Å². The first-order valence-electron chi connectivity index (χ1n) is 6.71. The molecule has 0 heterocycles. The van der Waals surface area contributed by atoms with Crippen LogP contribution in [-0.4, -0.2) is 48.7 Å². The molecule has 0 aliphatic carbocycles. The number of hydrogen-bond acceptors (Lipinski definition) is 3. The summed E-state index contributed by atoms with van der Waals surface area (Å²) in [7, 11) is 1.70. The van der Waals surface area contributed by atoms with Gasteiger partial charge in [0.2, 0.25) is 0 Å². The Hall–Kier alpha value is -0.610. The Bertz CT molecular complexity index is 206. The normalized spacial score (nSPS) is 13.3. The molecule has 0 aliphatic rings. The summed E-state index contributed by atoms with van der Waals surface area (Å²) >= 11 is 0. The minimum Gasteiger partial charge on any atom is -0.480 e. The van der Waals surface area contributed by atoms with Gasteiger partial charge in [-0.3, -0.25) is 4.79 Å². The van der Waals surface area contributed by atoms with Gasteiger partial charge in [-0.2, -0.15) is 0 Å². The molecule has 0 aliphatic heterocycles. The molecule has 2 N–H and O–H groups in total. The number of nitrogens with one attached hydrogen (secondary N) is 1. The first-order valence-corrected chi connectivity index (χ1v) is 6.71. The molecule has 0 saturated heterocycles. The predicted octanol–water partition coefficient (Wildman–Crippen LogP) is 1.81. The van der Waals surface area contributed by atoms with Gasteiger partial charge in [0.05, 0.1) is 0 Å². The molecule has 102 valence electrons. The lowest BCUT2D eigenvalue weighted by atomic mass is 10.0. The third-order valence-electron chi connectivity index (χ3n) is 3.50. The lowest BCUT2D eigenvalue weighted by Gasteiger charge is -2.26. The van der Waals surface area contributed by atoms with Crippen LogP contribution in [0.1, 0.15) is 40.0 Å². The van der Waals surface area contributed by atoms with Crippen LogP contribution in [0.25, 0.3) is 0 Å². The third kappa shape index (κ3) is 6.64. The Morgan fingerprint density at radius 2 is 1.88 bits per heavy atom. The van der Waals surface area contributed by atoms with Crippen molar-refractivity contribution in [3.05, 3.63) is 0 Å². The largest absolute Gasteiger partial charge is 0.480 e. The summed E-state index contributed by atoms with van der Waals surface area (Å²) in [4.78, 5) is 13.2. The van der Waals surface area contributed by atoms with Crippen molar-refractivity contribution < 1.29 is 9.90 Å². The van der Waals surface area contributed by atoms with Crippen molar-refractivity contribution in [2.75, 3.05) is 26.7 Å². The molecule has 4 nitrogen and oxygen atoms in total. The van der Waals surface area contributed by atoms with Gasteiger partial charge < -0.3 is 15.3 Å². The van der Waals surface area contributed by atoms with Crippen molar-refractivity contribution in [3.8, 4) is 0 Å². The van der Waals surface area contributed by atoms with E-state index in [9.17, 15) is 4.79 Å². The van der Waals surface area contributed by atoms with Crippen LogP contribution in [0.4, 0.5) is 0 Å². The fourth-order valence-corrected chi connectivity index (χ4v) is 1.99. The Morgan fingerprint density at radius 1 is 1.29 bits per heavy atom. The van der Waals surface area contributed by atoms with E-state index in [1.54, 1.807) is 7.05 Å². The van der Waals surface area contributed by atoms with Crippen LogP contribution in [0.2, 0.25) is 0 Å². The van der Waals surface area contributed by atoms with Crippen molar-refractivity contribution in [2.45, 2.75) is 46.1 Å². The molecule has 0 aromatic heterocycles. The van der Waals surface area contributed by atoms with Gasteiger partial charge in [-0.05, 0) is 25.9 Å². The number of nitrogens with zero attached hydrogens (tertiary/aromatic N) is 1. The molecule has 0 bridgehead atoms. The summed E-state index contributed by atoms with van der Waals surface area (Å²) in [6.07, 6.45) is 3.06. The van der Waals surface area contributed by atoms with E-state index < -0.39 is 12.0 Å². The van der Waals surface area contributed by atoms with Gasteiger partial charge in [-0.15, -0.1) is 0 Å². The van der Waals surface area contributed by atoms with Crippen molar-refractivity contribution in [2.24, 2.45) is 5.92 Å². The van der Waals surface area contributed by atoms with E-state index in [0.29, 0.717) is 6.42 Å². The summed E-state index contributed by atoms with van der Waals surface area (Å²) in [5.41, 5.74) is 0. The van der Waals surface area contributed by atoms with Crippen LogP contribution >= 0.6 is 0 Å². The predicted molar refractivity (Wildman–Crippen MR) is 71.3 cm³/mol. The Morgan fingerprint density at radius 3 is 2.24 bits per heavy atom. The van der Waals surface area contributed by atoms with Gasteiger partial charge >= 0.3 is 5.97 Å². The fraction of sp³-hybridized carbons (Fsp3) is 0.923. The van der Waals surface area contributed by atoms with E-state index in [0.717, 1.165) is 25.6 Å². The molecule has 0 amide bonds. The van der Waals surface area contributed by atoms with Gasteiger partial charge in [0.1, 0.15) is 6.04 Å². The smallest absolute Gasteiger partial charge is 0.320 e. The number of carboxylic acid groups (broad SMARTS) is 1. The van der Waals surface area contributed by atoms with E-state index in [1.165, 1.54) is 12.8 Å². The molecule has 0 rings (SSSR count). The zero-order valence-corrected chi connectivity index (χ0v) is 11.7. The van der Waals surface area contributed by atoms with Gasteiger partial charge in [0, 0.05) is 13.1 Å². The van der Waals surface area contributed by atoms with E-state index in [4.69, 9.17) is 5.11 Å². The van der Waals surface area contributed by atoms with Gasteiger partial charge in [0.25, 0.3) is 0 Å². The first-order chi connectivity index (χ1) is 8.08. The topological polar surface area (TPSA) is 52.6 Å². The Balaban J connectivity index is 4.08. The van der Waals surface area contributed by atoms with Crippen LogP contribution in [0, 0.1) is 5.92 Å². The molecule has 0 spiro atoms. The molecular formula is C13H28N2O2. The molecule has 0 aromatic carbocycles. The molecule has 1 atom stereocenters. The quantitative estimate of drug-likeness (QED) is 0.615. The molecule has 0 radical (unpaired) electrons. The van der Waals surface area contributed by atoms with E-state index >= 15 is 0 Å². The third-order valence-corrected chi connectivity index (χ3v) is 3.50. The molecule has 4 heteroatoms. The number of likely N-dealkylation sites (N-methyl/N-ethyl adjacent to an activating group) is 1. The molecule has 17 heavy (non-hydrogen) atoms. The van der Waals surface area contributed by atoms with Gasteiger partial charge in [-0.1, -0.05) is 33.6 Å². The Labute approximate surface area is 105 Å². The number of aliphatic carboxylic acids is 1. The highest BCUT2D eigenvalue weighted by Crippen LogP contribution is 2.10. The maximum absolute atomic E-state index is 10.9. The molecule has 1 unspecified atom stereocenters. The summed E-state index contributed by atoms with van der Waals surface area (Å²) in [5.74, 6) is -0.0288. The van der Waals surface area contributed by atoms with Gasteiger partial charge in [-0.25, -0.2) is 0 Å². The fourth-order valence-electron chi connectivity index (χ4n) is 1.99. The highest BCUT2D eigenvalue weighted by Gasteiger charge is 2.17. The maximum Gasteiger partial charge on any atom is 0.320 e. The average molecular weight is 244 g/mol. The number of carboxylic acids is 1. The highest BCUT2D eigenvalue weighted by molar-refractivity contribution is 5.73. The maximum atomic E-state index is 10.9.